The van der Waals surface area contributed by atoms with Crippen LogP contribution in [0.15, 0.2) is 59.1 Å². The molecule has 1 aliphatic rings. The number of rotatable bonds is 4. The smallest absolute Gasteiger partial charge is 0.276 e. The minimum absolute atomic E-state index is 0.196. The first-order valence-corrected chi connectivity index (χ1v) is 9.30. The largest absolute Gasteiger partial charge is 0.497 e. The Morgan fingerprint density at radius 1 is 1.21 bits per heavy atom. The van der Waals surface area contributed by atoms with Crippen molar-refractivity contribution < 1.29 is 18.8 Å². The van der Waals surface area contributed by atoms with Gasteiger partial charge in [-0.3, -0.25) is 4.79 Å². The highest BCUT2D eigenvalue weighted by atomic mass is 35.5. The fourth-order valence-electron chi connectivity index (χ4n) is 3.21. The van der Waals surface area contributed by atoms with Gasteiger partial charge in [-0.05, 0) is 18.2 Å². The molecule has 2 heterocycles. The van der Waals surface area contributed by atoms with Crippen molar-refractivity contribution in [3.8, 4) is 17.1 Å². The fourth-order valence-corrected chi connectivity index (χ4v) is 3.47. The second-order valence-corrected chi connectivity index (χ2v) is 6.85. The third-order valence-electron chi connectivity index (χ3n) is 4.69. The molecular weight excluding hydrogens is 380 g/mol. The van der Waals surface area contributed by atoms with E-state index in [9.17, 15) is 4.79 Å². The number of morpholine rings is 1. The normalized spacial score (nSPS) is 16.8. The van der Waals surface area contributed by atoms with Crippen molar-refractivity contribution in [3.05, 3.63) is 70.9 Å². The van der Waals surface area contributed by atoms with Gasteiger partial charge in [0.2, 0.25) is 0 Å². The maximum atomic E-state index is 12.9. The zero-order chi connectivity index (χ0) is 19.5. The van der Waals surface area contributed by atoms with E-state index in [1.165, 1.54) is 0 Å². The Balaban J connectivity index is 1.51. The predicted molar refractivity (Wildman–Crippen MR) is 105 cm³/mol. The molecule has 3 aromatic rings. The highest BCUT2D eigenvalue weighted by Crippen LogP contribution is 2.29. The Morgan fingerprint density at radius 2 is 2.07 bits per heavy atom. The molecule has 0 radical (unpaired) electrons. The van der Waals surface area contributed by atoms with Gasteiger partial charge in [0.05, 0.1) is 20.3 Å². The number of amides is 1. The number of nitrogens with zero attached hydrogens (tertiary/aromatic N) is 2. The number of hydrogen-bond acceptors (Lipinski definition) is 5. The van der Waals surface area contributed by atoms with Gasteiger partial charge in [-0.1, -0.05) is 47.1 Å². The molecule has 1 atom stereocenters. The number of hydrogen-bond donors (Lipinski definition) is 0. The van der Waals surface area contributed by atoms with Crippen molar-refractivity contribution in [2.24, 2.45) is 0 Å². The van der Waals surface area contributed by atoms with Crippen molar-refractivity contribution in [2.45, 2.75) is 6.10 Å². The SMILES string of the molecule is COc1cccc(-c2cc(C(=O)N3CCOC(c4ccccc4Cl)C3)no2)c1. The summed E-state index contributed by atoms with van der Waals surface area (Å²) in [5, 5.41) is 4.59. The predicted octanol–water partition coefficient (Wildman–Crippen LogP) is 4.22. The van der Waals surface area contributed by atoms with Gasteiger partial charge in [0, 0.05) is 28.8 Å². The number of benzene rings is 2. The van der Waals surface area contributed by atoms with Crippen LogP contribution in [0.25, 0.3) is 11.3 Å². The highest BCUT2D eigenvalue weighted by molar-refractivity contribution is 6.31. The van der Waals surface area contributed by atoms with Crippen LogP contribution in [0.5, 0.6) is 5.75 Å². The van der Waals surface area contributed by atoms with Gasteiger partial charge in [0.1, 0.15) is 11.9 Å². The van der Waals surface area contributed by atoms with Crippen LogP contribution in [-0.4, -0.2) is 42.8 Å². The van der Waals surface area contributed by atoms with Gasteiger partial charge in [-0.15, -0.1) is 0 Å². The quantitative estimate of drug-likeness (QED) is 0.658. The average Bonchev–Trinajstić information content (AvgIpc) is 3.24. The van der Waals surface area contributed by atoms with Crippen LogP contribution in [0.3, 0.4) is 0 Å². The lowest BCUT2D eigenvalue weighted by molar-refractivity contribution is -0.0230. The van der Waals surface area contributed by atoms with Crippen LogP contribution in [0, 0.1) is 0 Å². The molecule has 144 valence electrons. The van der Waals surface area contributed by atoms with Crippen LogP contribution < -0.4 is 4.74 Å². The number of ether oxygens (including phenoxy) is 2. The van der Waals surface area contributed by atoms with Gasteiger partial charge in [0.15, 0.2) is 11.5 Å². The molecule has 7 heteroatoms. The van der Waals surface area contributed by atoms with Crippen LogP contribution in [0.4, 0.5) is 0 Å². The third kappa shape index (κ3) is 3.74. The number of aromatic nitrogens is 1. The highest BCUT2D eigenvalue weighted by Gasteiger charge is 2.29. The van der Waals surface area contributed by atoms with E-state index in [1.807, 2.05) is 48.5 Å². The van der Waals surface area contributed by atoms with E-state index in [1.54, 1.807) is 18.1 Å². The second-order valence-electron chi connectivity index (χ2n) is 6.44. The van der Waals surface area contributed by atoms with E-state index in [4.69, 9.17) is 25.6 Å². The summed E-state index contributed by atoms with van der Waals surface area (Å²) < 4.78 is 16.4. The monoisotopic (exact) mass is 398 g/mol. The van der Waals surface area contributed by atoms with E-state index < -0.39 is 0 Å². The number of carbonyl (C=O) groups is 1. The zero-order valence-corrected chi connectivity index (χ0v) is 16.1. The molecule has 1 saturated heterocycles. The summed E-state index contributed by atoms with van der Waals surface area (Å²) in [4.78, 5) is 14.6. The summed E-state index contributed by atoms with van der Waals surface area (Å²) in [6, 6.07) is 16.6. The molecule has 1 aliphatic heterocycles. The summed E-state index contributed by atoms with van der Waals surface area (Å²) in [7, 11) is 1.60. The number of carbonyl (C=O) groups excluding carboxylic acids is 1. The standard InChI is InChI=1S/C21H19ClN2O4/c1-26-15-6-4-5-14(11-15)19-12-18(23-28-19)21(25)24-9-10-27-20(13-24)16-7-2-3-8-17(16)22/h2-8,11-12,20H,9-10,13H2,1H3. The molecular formula is C21H19ClN2O4. The van der Waals surface area contributed by atoms with E-state index in [2.05, 4.69) is 5.16 Å². The van der Waals surface area contributed by atoms with E-state index in [0.29, 0.717) is 36.2 Å². The van der Waals surface area contributed by atoms with Crippen molar-refractivity contribution in [2.75, 3.05) is 26.8 Å². The Kier molecular flexibility index (Phi) is 5.32. The lowest BCUT2D eigenvalue weighted by Crippen LogP contribution is -2.42. The molecule has 28 heavy (non-hydrogen) atoms. The fraction of sp³-hybridized carbons (Fsp3) is 0.238. The summed E-state index contributed by atoms with van der Waals surface area (Å²) in [5.41, 5.74) is 1.93. The molecule has 6 nitrogen and oxygen atoms in total. The molecule has 1 aromatic heterocycles. The van der Waals surface area contributed by atoms with Crippen molar-refractivity contribution in [3.63, 3.8) is 0 Å². The maximum absolute atomic E-state index is 12.9. The van der Waals surface area contributed by atoms with Gasteiger partial charge in [-0.2, -0.15) is 0 Å². The molecule has 0 saturated carbocycles. The van der Waals surface area contributed by atoms with Gasteiger partial charge >= 0.3 is 0 Å². The first-order valence-electron chi connectivity index (χ1n) is 8.92. The number of methoxy groups -OCH3 is 1. The maximum Gasteiger partial charge on any atom is 0.276 e. The third-order valence-corrected chi connectivity index (χ3v) is 5.03. The van der Waals surface area contributed by atoms with Crippen molar-refractivity contribution in [1.29, 1.82) is 0 Å². The first-order chi connectivity index (χ1) is 13.7. The van der Waals surface area contributed by atoms with Crippen LogP contribution in [0.1, 0.15) is 22.2 Å². The Labute approximate surface area is 167 Å². The van der Waals surface area contributed by atoms with Crippen molar-refractivity contribution in [1.82, 2.24) is 10.1 Å². The van der Waals surface area contributed by atoms with Gasteiger partial charge in [0.25, 0.3) is 5.91 Å². The van der Waals surface area contributed by atoms with E-state index in [0.717, 1.165) is 11.1 Å². The molecule has 2 aromatic carbocycles. The Hall–Kier alpha value is -2.83. The Bertz CT molecular complexity index is 988. The number of halogens is 1. The summed E-state index contributed by atoms with van der Waals surface area (Å²) in [6.07, 6.45) is -0.267. The van der Waals surface area contributed by atoms with E-state index >= 15 is 0 Å². The molecule has 0 spiro atoms. The van der Waals surface area contributed by atoms with Crippen LogP contribution in [-0.2, 0) is 4.74 Å². The minimum Gasteiger partial charge on any atom is -0.497 e. The second kappa shape index (κ2) is 8.04. The molecule has 0 N–H and O–H groups in total. The summed E-state index contributed by atoms with van der Waals surface area (Å²) in [5.74, 6) is 1.02. The molecule has 0 bridgehead atoms. The average molecular weight is 399 g/mol. The zero-order valence-electron chi connectivity index (χ0n) is 15.3. The van der Waals surface area contributed by atoms with Crippen LogP contribution >= 0.6 is 11.6 Å². The lowest BCUT2D eigenvalue weighted by Gasteiger charge is -2.33. The Morgan fingerprint density at radius 3 is 2.89 bits per heavy atom. The van der Waals surface area contributed by atoms with Crippen LogP contribution in [0.2, 0.25) is 5.02 Å². The minimum atomic E-state index is -0.267. The van der Waals surface area contributed by atoms with Crippen molar-refractivity contribution >= 4 is 17.5 Å². The topological polar surface area (TPSA) is 64.8 Å². The summed E-state index contributed by atoms with van der Waals surface area (Å²) >= 11 is 6.28. The molecule has 1 amide bonds. The lowest BCUT2D eigenvalue weighted by atomic mass is 10.1. The van der Waals surface area contributed by atoms with Gasteiger partial charge < -0.3 is 18.9 Å². The van der Waals surface area contributed by atoms with E-state index in [-0.39, 0.29) is 17.7 Å². The van der Waals surface area contributed by atoms with Gasteiger partial charge in [-0.25, -0.2) is 0 Å². The molecule has 1 unspecified atom stereocenters. The molecule has 0 aliphatic carbocycles. The summed E-state index contributed by atoms with van der Waals surface area (Å²) in [6.45, 7) is 1.33. The molecule has 4 rings (SSSR count). The molecule has 1 fully saturated rings. The first kappa shape index (κ1) is 18.5.